The molecule has 0 aliphatic rings. The lowest BCUT2D eigenvalue weighted by Gasteiger charge is -2.16. The van der Waals surface area contributed by atoms with Crippen LogP contribution < -0.4 is 16.0 Å². The highest BCUT2D eigenvalue weighted by atomic mass is 127. The lowest BCUT2D eigenvalue weighted by molar-refractivity contribution is -0.119. The van der Waals surface area contributed by atoms with Crippen molar-refractivity contribution >= 4 is 35.8 Å². The van der Waals surface area contributed by atoms with Crippen LogP contribution in [0.25, 0.3) is 0 Å². The van der Waals surface area contributed by atoms with Crippen LogP contribution in [0.3, 0.4) is 0 Å². The Morgan fingerprint density at radius 2 is 1.96 bits per heavy atom. The zero-order valence-electron chi connectivity index (χ0n) is 14.2. The Balaban J connectivity index is 0.00000484. The normalized spacial score (nSPS) is 11.0. The average molecular weight is 436 g/mol. The van der Waals surface area contributed by atoms with Gasteiger partial charge in [0.2, 0.25) is 5.91 Å². The van der Waals surface area contributed by atoms with Crippen LogP contribution in [0.2, 0.25) is 0 Å². The fraction of sp³-hybridized carbons (Fsp3) is 0.625. The average Bonchev–Trinajstić information content (AvgIpc) is 3.04. The van der Waals surface area contributed by atoms with Crippen molar-refractivity contribution in [1.82, 2.24) is 16.0 Å². The van der Waals surface area contributed by atoms with E-state index in [0.717, 1.165) is 31.7 Å². The summed E-state index contributed by atoms with van der Waals surface area (Å²) in [6, 6.07) is 3.62. The minimum atomic E-state index is -0.129. The lowest BCUT2D eigenvalue weighted by atomic mass is 10.0. The van der Waals surface area contributed by atoms with E-state index in [1.807, 2.05) is 13.0 Å². The van der Waals surface area contributed by atoms with Crippen LogP contribution in [0.5, 0.6) is 0 Å². The van der Waals surface area contributed by atoms with E-state index < -0.39 is 0 Å². The van der Waals surface area contributed by atoms with Crippen LogP contribution in [0, 0.1) is 5.92 Å². The molecule has 1 rings (SSSR count). The first-order chi connectivity index (χ1) is 10.7. The second-order valence-electron chi connectivity index (χ2n) is 5.11. The number of halogens is 1. The minimum absolute atomic E-state index is 0. The topological polar surface area (TPSA) is 78.7 Å². The molecule has 0 saturated heterocycles. The smallest absolute Gasteiger partial charge is 0.242 e. The van der Waals surface area contributed by atoms with E-state index in [9.17, 15) is 4.79 Å². The quantitative estimate of drug-likeness (QED) is 0.316. The molecule has 3 N–H and O–H groups in total. The number of hydrogen-bond acceptors (Lipinski definition) is 3. The van der Waals surface area contributed by atoms with E-state index in [4.69, 9.17) is 4.42 Å². The van der Waals surface area contributed by atoms with Crippen molar-refractivity contribution in [2.45, 2.75) is 40.2 Å². The van der Waals surface area contributed by atoms with E-state index in [0.29, 0.717) is 18.4 Å². The van der Waals surface area contributed by atoms with Gasteiger partial charge in [0.15, 0.2) is 5.96 Å². The third-order valence-corrected chi connectivity index (χ3v) is 3.48. The molecule has 1 amide bonds. The number of rotatable bonds is 9. The number of hydrogen-bond donors (Lipinski definition) is 3. The molecule has 1 aromatic rings. The number of nitrogens with one attached hydrogen (secondary N) is 3. The van der Waals surface area contributed by atoms with Crippen LogP contribution in [0.1, 0.15) is 39.4 Å². The fourth-order valence-electron chi connectivity index (χ4n) is 1.97. The molecule has 0 spiro atoms. The summed E-state index contributed by atoms with van der Waals surface area (Å²) in [5, 5.41) is 9.21. The summed E-state index contributed by atoms with van der Waals surface area (Å²) in [5.41, 5.74) is 0. The third-order valence-electron chi connectivity index (χ3n) is 3.48. The molecule has 0 fully saturated rings. The summed E-state index contributed by atoms with van der Waals surface area (Å²) in [7, 11) is 0. The van der Waals surface area contributed by atoms with Gasteiger partial charge in [-0.25, -0.2) is 4.99 Å². The van der Waals surface area contributed by atoms with Gasteiger partial charge >= 0.3 is 0 Å². The van der Waals surface area contributed by atoms with Crippen molar-refractivity contribution in [3.8, 4) is 0 Å². The molecule has 6 nitrogen and oxygen atoms in total. The number of amides is 1. The van der Waals surface area contributed by atoms with Gasteiger partial charge in [0.25, 0.3) is 0 Å². The fourth-order valence-corrected chi connectivity index (χ4v) is 1.97. The van der Waals surface area contributed by atoms with Gasteiger partial charge in [-0.15, -0.1) is 24.0 Å². The van der Waals surface area contributed by atoms with Crippen molar-refractivity contribution in [3.63, 3.8) is 0 Å². The highest BCUT2D eigenvalue weighted by Gasteiger charge is 2.06. The number of guanidine groups is 1. The summed E-state index contributed by atoms with van der Waals surface area (Å²) in [4.78, 5) is 16.1. The molecule has 0 saturated carbocycles. The Bertz CT molecular complexity index is 445. The summed E-state index contributed by atoms with van der Waals surface area (Å²) in [6.07, 6.45) is 3.85. The van der Waals surface area contributed by atoms with E-state index in [1.165, 1.54) is 0 Å². The summed E-state index contributed by atoms with van der Waals surface area (Å²) in [6.45, 7) is 8.49. The molecule has 132 valence electrons. The SMILES string of the molecule is CCNC(=NCC(=O)NCc1ccco1)NCC(CC)CC.I. The number of furan rings is 1. The van der Waals surface area contributed by atoms with Crippen molar-refractivity contribution < 1.29 is 9.21 Å². The van der Waals surface area contributed by atoms with Crippen LogP contribution in [-0.4, -0.2) is 31.5 Å². The van der Waals surface area contributed by atoms with Gasteiger partial charge in [0.1, 0.15) is 12.3 Å². The Labute approximate surface area is 155 Å². The maximum Gasteiger partial charge on any atom is 0.242 e. The van der Waals surface area contributed by atoms with E-state index in [1.54, 1.807) is 12.3 Å². The molecule has 0 unspecified atom stereocenters. The van der Waals surface area contributed by atoms with Gasteiger partial charge in [-0.05, 0) is 25.0 Å². The Morgan fingerprint density at radius 3 is 2.52 bits per heavy atom. The lowest BCUT2D eigenvalue weighted by Crippen LogP contribution is -2.40. The molecular weight excluding hydrogens is 407 g/mol. The van der Waals surface area contributed by atoms with Gasteiger partial charge < -0.3 is 20.4 Å². The van der Waals surface area contributed by atoms with Crippen LogP contribution >= 0.6 is 24.0 Å². The zero-order valence-corrected chi connectivity index (χ0v) is 16.6. The van der Waals surface area contributed by atoms with Gasteiger partial charge in [0, 0.05) is 13.1 Å². The number of nitrogens with zero attached hydrogens (tertiary/aromatic N) is 1. The number of carbonyl (C=O) groups is 1. The predicted molar refractivity (Wildman–Crippen MR) is 104 cm³/mol. The van der Waals surface area contributed by atoms with E-state index in [-0.39, 0.29) is 36.4 Å². The van der Waals surface area contributed by atoms with Gasteiger partial charge in [0.05, 0.1) is 12.8 Å². The first kappa shape index (κ1) is 21.8. The van der Waals surface area contributed by atoms with Crippen LogP contribution in [0.15, 0.2) is 27.8 Å². The molecule has 0 radical (unpaired) electrons. The predicted octanol–water partition coefficient (Wildman–Crippen LogP) is 2.51. The second-order valence-corrected chi connectivity index (χ2v) is 5.11. The van der Waals surface area contributed by atoms with Crippen molar-refractivity contribution in [2.75, 3.05) is 19.6 Å². The number of carbonyl (C=O) groups excluding carboxylic acids is 1. The zero-order chi connectivity index (χ0) is 16.2. The molecule has 1 aromatic heterocycles. The number of aliphatic imine (C=N–C) groups is 1. The molecule has 0 aromatic carbocycles. The minimum Gasteiger partial charge on any atom is -0.467 e. The van der Waals surface area contributed by atoms with E-state index in [2.05, 4.69) is 34.8 Å². The van der Waals surface area contributed by atoms with Gasteiger partial charge in [-0.3, -0.25) is 4.79 Å². The Morgan fingerprint density at radius 1 is 1.22 bits per heavy atom. The van der Waals surface area contributed by atoms with Crippen LogP contribution in [0.4, 0.5) is 0 Å². The molecular formula is C16H29IN4O2. The summed E-state index contributed by atoms with van der Waals surface area (Å²) in [5.74, 6) is 1.91. The maximum atomic E-state index is 11.8. The first-order valence-corrected chi connectivity index (χ1v) is 8.00. The maximum absolute atomic E-state index is 11.8. The Kier molecular flexibility index (Phi) is 12.5. The molecule has 0 aliphatic heterocycles. The molecule has 23 heavy (non-hydrogen) atoms. The molecule has 0 bridgehead atoms. The molecule has 7 heteroatoms. The monoisotopic (exact) mass is 436 g/mol. The van der Waals surface area contributed by atoms with E-state index >= 15 is 0 Å². The van der Waals surface area contributed by atoms with Gasteiger partial charge in [-0.1, -0.05) is 26.7 Å². The standard InChI is InChI=1S/C16H28N4O2.HI/c1-4-13(5-2)10-19-16(17-6-3)20-12-15(21)18-11-14-8-7-9-22-14;/h7-9,13H,4-6,10-12H2,1-3H3,(H,18,21)(H2,17,19,20);1H. The molecule has 1 heterocycles. The van der Waals surface area contributed by atoms with Gasteiger partial charge in [-0.2, -0.15) is 0 Å². The third kappa shape index (κ3) is 9.47. The molecule has 0 atom stereocenters. The highest BCUT2D eigenvalue weighted by molar-refractivity contribution is 14.0. The highest BCUT2D eigenvalue weighted by Crippen LogP contribution is 2.04. The Hall–Kier alpha value is -1.25. The first-order valence-electron chi connectivity index (χ1n) is 8.00. The van der Waals surface area contributed by atoms with Crippen molar-refractivity contribution in [3.05, 3.63) is 24.2 Å². The largest absolute Gasteiger partial charge is 0.467 e. The van der Waals surface area contributed by atoms with Crippen LogP contribution in [-0.2, 0) is 11.3 Å². The summed E-state index contributed by atoms with van der Waals surface area (Å²) < 4.78 is 5.16. The molecule has 0 aliphatic carbocycles. The van der Waals surface area contributed by atoms with Crippen molar-refractivity contribution in [2.24, 2.45) is 10.9 Å². The second kappa shape index (κ2) is 13.2. The summed E-state index contributed by atoms with van der Waals surface area (Å²) >= 11 is 0. The van der Waals surface area contributed by atoms with Crippen molar-refractivity contribution in [1.29, 1.82) is 0 Å².